The van der Waals surface area contributed by atoms with Gasteiger partial charge in [-0.2, -0.15) is 0 Å². The van der Waals surface area contributed by atoms with Crippen molar-refractivity contribution in [3.05, 3.63) is 35.0 Å². The highest BCUT2D eigenvalue weighted by molar-refractivity contribution is 6.31. The number of piperidine rings is 1. The van der Waals surface area contributed by atoms with Crippen LogP contribution in [0.4, 0.5) is 0 Å². The van der Waals surface area contributed by atoms with Crippen molar-refractivity contribution < 1.29 is 0 Å². The van der Waals surface area contributed by atoms with Crippen molar-refractivity contribution in [2.45, 2.75) is 39.3 Å². The third-order valence-corrected chi connectivity index (χ3v) is 4.83. The summed E-state index contributed by atoms with van der Waals surface area (Å²) >= 11 is 6.17. The Morgan fingerprint density at radius 2 is 2.14 bits per heavy atom. The summed E-state index contributed by atoms with van der Waals surface area (Å²) in [4.78, 5) is 0. The van der Waals surface area contributed by atoms with Gasteiger partial charge in [-0.05, 0) is 62.5 Å². The van der Waals surface area contributed by atoms with E-state index >= 15 is 0 Å². The van der Waals surface area contributed by atoms with Gasteiger partial charge in [-0.25, -0.2) is 0 Å². The Balaban J connectivity index is 1.69. The molecule has 1 aliphatic heterocycles. The van der Waals surface area contributed by atoms with Crippen LogP contribution in [0.5, 0.6) is 0 Å². The summed E-state index contributed by atoms with van der Waals surface area (Å²) in [6.45, 7) is 7.66. The predicted molar refractivity (Wildman–Crippen MR) is 94.5 cm³/mol. The number of nitrogens with zero attached hydrogens (tertiary/aromatic N) is 1. The summed E-state index contributed by atoms with van der Waals surface area (Å²) in [5.41, 5.74) is 2.64. The number of aromatic nitrogens is 1. The SMILES string of the molecule is CCCn1cc(CNCC2CCNCC2)c2ccc(Cl)cc21. The lowest BCUT2D eigenvalue weighted by atomic mass is 9.98. The molecule has 0 aliphatic carbocycles. The Hall–Kier alpha value is -1.03. The average molecular weight is 320 g/mol. The van der Waals surface area contributed by atoms with E-state index in [1.807, 2.05) is 6.07 Å². The van der Waals surface area contributed by atoms with E-state index in [0.29, 0.717) is 0 Å². The topological polar surface area (TPSA) is 29.0 Å². The standard InChI is InChI=1S/C18H26ClN3/c1-2-9-22-13-15(17-4-3-16(19)10-18(17)22)12-21-11-14-5-7-20-8-6-14/h3-4,10,13-14,20-21H,2,5-9,11-12H2,1H3. The van der Waals surface area contributed by atoms with Gasteiger partial charge >= 0.3 is 0 Å². The van der Waals surface area contributed by atoms with Gasteiger partial charge in [-0.3, -0.25) is 0 Å². The number of aryl methyl sites for hydroxylation is 1. The van der Waals surface area contributed by atoms with E-state index in [1.165, 1.54) is 42.4 Å². The highest BCUT2D eigenvalue weighted by Gasteiger charge is 2.13. The zero-order valence-corrected chi connectivity index (χ0v) is 14.1. The minimum absolute atomic E-state index is 0.817. The summed E-state index contributed by atoms with van der Waals surface area (Å²) < 4.78 is 2.34. The molecule has 0 saturated carbocycles. The molecule has 2 heterocycles. The second-order valence-electron chi connectivity index (χ2n) is 6.33. The van der Waals surface area contributed by atoms with Gasteiger partial charge in [0.2, 0.25) is 0 Å². The third-order valence-electron chi connectivity index (χ3n) is 4.60. The molecule has 22 heavy (non-hydrogen) atoms. The van der Waals surface area contributed by atoms with Gasteiger partial charge in [0.15, 0.2) is 0 Å². The molecule has 4 heteroatoms. The van der Waals surface area contributed by atoms with E-state index in [-0.39, 0.29) is 0 Å². The van der Waals surface area contributed by atoms with Crippen LogP contribution < -0.4 is 10.6 Å². The van der Waals surface area contributed by atoms with Gasteiger partial charge in [-0.15, -0.1) is 0 Å². The van der Waals surface area contributed by atoms with Crippen LogP contribution in [0.3, 0.4) is 0 Å². The van der Waals surface area contributed by atoms with Gasteiger partial charge in [0.25, 0.3) is 0 Å². The molecule has 0 atom stereocenters. The highest BCUT2D eigenvalue weighted by atomic mass is 35.5. The first kappa shape index (κ1) is 15.9. The first-order valence-corrected chi connectivity index (χ1v) is 8.84. The molecule has 0 bridgehead atoms. The Kier molecular flexibility index (Phi) is 5.40. The lowest BCUT2D eigenvalue weighted by molar-refractivity contribution is 0.356. The van der Waals surface area contributed by atoms with Crippen LogP contribution in [0.25, 0.3) is 10.9 Å². The van der Waals surface area contributed by atoms with E-state index < -0.39 is 0 Å². The first-order valence-electron chi connectivity index (χ1n) is 8.46. The maximum absolute atomic E-state index is 6.17. The molecule has 0 amide bonds. The van der Waals surface area contributed by atoms with Gasteiger partial charge < -0.3 is 15.2 Å². The molecule has 1 saturated heterocycles. The van der Waals surface area contributed by atoms with E-state index in [2.05, 4.69) is 40.5 Å². The molecule has 1 aromatic carbocycles. The molecule has 0 radical (unpaired) electrons. The lowest BCUT2D eigenvalue weighted by Crippen LogP contribution is -2.33. The quantitative estimate of drug-likeness (QED) is 0.848. The van der Waals surface area contributed by atoms with Crippen molar-refractivity contribution in [3.8, 4) is 0 Å². The summed E-state index contributed by atoms with van der Waals surface area (Å²) in [5.74, 6) is 0.819. The molecule has 120 valence electrons. The number of benzene rings is 1. The third kappa shape index (κ3) is 3.65. The van der Waals surface area contributed by atoms with Crippen molar-refractivity contribution >= 4 is 22.5 Å². The number of nitrogens with one attached hydrogen (secondary N) is 2. The maximum atomic E-state index is 6.17. The summed E-state index contributed by atoms with van der Waals surface area (Å²) in [5, 5.41) is 9.23. The Bertz CT molecular complexity index is 614. The largest absolute Gasteiger partial charge is 0.347 e. The van der Waals surface area contributed by atoms with Gasteiger partial charge in [0.1, 0.15) is 0 Å². The van der Waals surface area contributed by atoms with Crippen LogP contribution in [-0.4, -0.2) is 24.2 Å². The fraction of sp³-hybridized carbons (Fsp3) is 0.556. The Morgan fingerprint density at radius 1 is 1.32 bits per heavy atom. The lowest BCUT2D eigenvalue weighted by Gasteiger charge is -2.22. The number of halogens is 1. The second-order valence-corrected chi connectivity index (χ2v) is 6.77. The minimum atomic E-state index is 0.817. The van der Waals surface area contributed by atoms with Crippen LogP contribution in [0.2, 0.25) is 5.02 Å². The van der Waals surface area contributed by atoms with Crippen LogP contribution in [0.15, 0.2) is 24.4 Å². The van der Waals surface area contributed by atoms with Crippen LogP contribution in [0.1, 0.15) is 31.7 Å². The Labute approximate surface area is 138 Å². The maximum Gasteiger partial charge on any atom is 0.0498 e. The minimum Gasteiger partial charge on any atom is -0.347 e. The van der Waals surface area contributed by atoms with E-state index in [4.69, 9.17) is 11.6 Å². The van der Waals surface area contributed by atoms with Crippen LogP contribution in [-0.2, 0) is 13.1 Å². The molecule has 2 N–H and O–H groups in total. The highest BCUT2D eigenvalue weighted by Crippen LogP contribution is 2.25. The van der Waals surface area contributed by atoms with Crippen molar-refractivity contribution in [1.29, 1.82) is 0 Å². The van der Waals surface area contributed by atoms with Gasteiger partial charge in [-0.1, -0.05) is 24.6 Å². The van der Waals surface area contributed by atoms with Gasteiger partial charge in [0.05, 0.1) is 0 Å². The summed E-state index contributed by atoms with van der Waals surface area (Å²) in [7, 11) is 0. The molecule has 1 aromatic heterocycles. The Morgan fingerprint density at radius 3 is 2.91 bits per heavy atom. The molecule has 1 aliphatic rings. The number of hydrogen-bond acceptors (Lipinski definition) is 2. The molecule has 2 aromatic rings. The first-order chi connectivity index (χ1) is 10.8. The smallest absolute Gasteiger partial charge is 0.0498 e. The van der Waals surface area contributed by atoms with E-state index in [9.17, 15) is 0 Å². The molecule has 0 unspecified atom stereocenters. The zero-order valence-electron chi connectivity index (χ0n) is 13.4. The summed E-state index contributed by atoms with van der Waals surface area (Å²) in [6.07, 6.45) is 6.01. The molecule has 3 nitrogen and oxygen atoms in total. The number of rotatable bonds is 6. The monoisotopic (exact) mass is 319 g/mol. The second kappa shape index (κ2) is 7.49. The molecular weight excluding hydrogens is 294 g/mol. The van der Waals surface area contributed by atoms with Crippen molar-refractivity contribution in [2.24, 2.45) is 5.92 Å². The van der Waals surface area contributed by atoms with E-state index in [0.717, 1.165) is 37.0 Å². The molecule has 1 fully saturated rings. The fourth-order valence-corrected chi connectivity index (χ4v) is 3.57. The van der Waals surface area contributed by atoms with Crippen molar-refractivity contribution in [1.82, 2.24) is 15.2 Å². The average Bonchev–Trinajstić information content (AvgIpc) is 2.86. The molecule has 0 spiro atoms. The number of fused-ring (bicyclic) bond motifs is 1. The summed E-state index contributed by atoms with van der Waals surface area (Å²) in [6, 6.07) is 6.24. The van der Waals surface area contributed by atoms with Crippen LogP contribution >= 0.6 is 11.6 Å². The van der Waals surface area contributed by atoms with Gasteiger partial charge in [0, 0.05) is 35.2 Å². The zero-order chi connectivity index (χ0) is 15.4. The van der Waals surface area contributed by atoms with E-state index in [1.54, 1.807) is 0 Å². The fourth-order valence-electron chi connectivity index (χ4n) is 3.40. The normalized spacial score (nSPS) is 16.5. The van der Waals surface area contributed by atoms with Crippen LogP contribution in [0, 0.1) is 5.92 Å². The van der Waals surface area contributed by atoms with Crippen molar-refractivity contribution in [2.75, 3.05) is 19.6 Å². The predicted octanol–water partition coefficient (Wildman–Crippen LogP) is 3.79. The molecule has 3 rings (SSSR count). The molecular formula is C18H26ClN3. The number of hydrogen-bond donors (Lipinski definition) is 2. The van der Waals surface area contributed by atoms with Crippen molar-refractivity contribution in [3.63, 3.8) is 0 Å².